The lowest BCUT2D eigenvalue weighted by atomic mass is 10.1. The van der Waals surface area contributed by atoms with Crippen LogP contribution in [0, 0.1) is 17.0 Å². The molecular weight excluding hydrogens is 334 g/mol. The molecular formula is C19H19N3O4. The Morgan fingerprint density at radius 2 is 1.46 bits per heavy atom. The summed E-state index contributed by atoms with van der Waals surface area (Å²) in [6.45, 7) is 3.12. The van der Waals surface area contributed by atoms with Crippen LogP contribution >= 0.6 is 0 Å². The van der Waals surface area contributed by atoms with Crippen molar-refractivity contribution >= 4 is 17.5 Å². The normalized spacial score (nSPS) is 14.2. The highest BCUT2D eigenvalue weighted by atomic mass is 16.6. The van der Waals surface area contributed by atoms with E-state index in [9.17, 15) is 19.7 Å². The minimum Gasteiger partial charge on any atom is -0.335 e. The van der Waals surface area contributed by atoms with Crippen LogP contribution in [0.15, 0.2) is 48.5 Å². The molecule has 0 atom stereocenters. The molecule has 3 rings (SSSR count). The van der Waals surface area contributed by atoms with Crippen LogP contribution in [0.1, 0.15) is 26.3 Å². The highest BCUT2D eigenvalue weighted by molar-refractivity contribution is 5.99. The third-order valence-electron chi connectivity index (χ3n) is 4.53. The van der Waals surface area contributed by atoms with E-state index in [2.05, 4.69) is 0 Å². The Balaban J connectivity index is 1.71. The fourth-order valence-corrected chi connectivity index (χ4v) is 3.12. The second kappa shape index (κ2) is 7.35. The molecule has 0 radical (unpaired) electrons. The van der Waals surface area contributed by atoms with Gasteiger partial charge in [0.15, 0.2) is 0 Å². The van der Waals surface area contributed by atoms with Crippen molar-refractivity contribution in [1.82, 2.24) is 9.80 Å². The number of rotatable bonds is 3. The number of nitro groups is 1. The van der Waals surface area contributed by atoms with Crippen LogP contribution in [-0.4, -0.2) is 52.7 Å². The van der Waals surface area contributed by atoms with Crippen molar-refractivity contribution < 1.29 is 14.5 Å². The predicted molar refractivity (Wildman–Crippen MR) is 96.1 cm³/mol. The molecule has 0 aliphatic carbocycles. The lowest BCUT2D eigenvalue weighted by molar-refractivity contribution is -0.385. The summed E-state index contributed by atoms with van der Waals surface area (Å²) < 4.78 is 0. The number of hydrogen-bond donors (Lipinski definition) is 0. The van der Waals surface area contributed by atoms with Crippen molar-refractivity contribution in [1.29, 1.82) is 0 Å². The molecule has 1 fully saturated rings. The molecule has 26 heavy (non-hydrogen) atoms. The Kier molecular flexibility index (Phi) is 4.97. The van der Waals surface area contributed by atoms with Crippen LogP contribution in [0.4, 0.5) is 5.69 Å². The number of amides is 2. The molecule has 1 saturated heterocycles. The van der Waals surface area contributed by atoms with Gasteiger partial charge in [0.1, 0.15) is 5.56 Å². The standard InChI is InChI=1S/C19H19N3O4/c1-14-6-5-9-16(17(14)22(25)26)19(24)21-12-10-20(11-13-21)18(23)15-7-3-2-4-8-15/h2-9H,10-13H2,1H3. The van der Waals surface area contributed by atoms with E-state index in [1.807, 2.05) is 18.2 Å². The molecule has 2 aromatic rings. The van der Waals surface area contributed by atoms with Gasteiger partial charge in [-0.25, -0.2) is 0 Å². The van der Waals surface area contributed by atoms with Crippen molar-refractivity contribution in [3.8, 4) is 0 Å². The molecule has 0 unspecified atom stereocenters. The Morgan fingerprint density at radius 3 is 2.04 bits per heavy atom. The first kappa shape index (κ1) is 17.6. The van der Waals surface area contributed by atoms with Crippen molar-refractivity contribution in [2.75, 3.05) is 26.2 Å². The van der Waals surface area contributed by atoms with Crippen LogP contribution in [0.5, 0.6) is 0 Å². The fraction of sp³-hybridized carbons (Fsp3) is 0.263. The zero-order valence-corrected chi connectivity index (χ0v) is 14.4. The average Bonchev–Trinajstić information content (AvgIpc) is 2.67. The molecule has 2 amide bonds. The minimum atomic E-state index is -0.516. The number of nitrogens with zero attached hydrogens (tertiary/aromatic N) is 3. The van der Waals surface area contributed by atoms with Gasteiger partial charge in [0, 0.05) is 37.3 Å². The Labute approximate surface area is 151 Å². The second-order valence-corrected chi connectivity index (χ2v) is 6.18. The maximum Gasteiger partial charge on any atom is 0.285 e. The molecule has 0 N–H and O–H groups in total. The Bertz CT molecular complexity index is 843. The van der Waals surface area contributed by atoms with Crippen LogP contribution in [-0.2, 0) is 0 Å². The molecule has 0 spiro atoms. The Hall–Kier alpha value is -3.22. The van der Waals surface area contributed by atoms with Crippen LogP contribution in [0.2, 0.25) is 0 Å². The summed E-state index contributed by atoms with van der Waals surface area (Å²) in [4.78, 5) is 39.3. The number of hydrogen-bond acceptors (Lipinski definition) is 4. The highest BCUT2D eigenvalue weighted by Gasteiger charge is 2.30. The van der Waals surface area contributed by atoms with Crippen molar-refractivity contribution in [2.45, 2.75) is 6.92 Å². The lowest BCUT2D eigenvalue weighted by Gasteiger charge is -2.34. The molecule has 7 nitrogen and oxygen atoms in total. The highest BCUT2D eigenvalue weighted by Crippen LogP contribution is 2.25. The monoisotopic (exact) mass is 353 g/mol. The van der Waals surface area contributed by atoms with Gasteiger partial charge >= 0.3 is 0 Å². The number of nitro benzene ring substituents is 1. The Morgan fingerprint density at radius 1 is 0.885 bits per heavy atom. The maximum atomic E-state index is 12.7. The molecule has 2 aromatic carbocycles. The van der Waals surface area contributed by atoms with Crippen LogP contribution < -0.4 is 0 Å². The number of aryl methyl sites for hydroxylation is 1. The van der Waals surface area contributed by atoms with Gasteiger partial charge in [0.05, 0.1) is 4.92 Å². The quantitative estimate of drug-likeness (QED) is 0.627. The van der Waals surface area contributed by atoms with Gasteiger partial charge < -0.3 is 9.80 Å². The van der Waals surface area contributed by atoms with E-state index in [0.29, 0.717) is 37.3 Å². The number of benzene rings is 2. The smallest absolute Gasteiger partial charge is 0.285 e. The van der Waals surface area contributed by atoms with Crippen LogP contribution in [0.25, 0.3) is 0 Å². The van der Waals surface area contributed by atoms with E-state index >= 15 is 0 Å². The summed E-state index contributed by atoms with van der Waals surface area (Å²) in [5.41, 5.74) is 1.01. The third kappa shape index (κ3) is 3.42. The van der Waals surface area contributed by atoms with Gasteiger partial charge in [-0.15, -0.1) is 0 Å². The van der Waals surface area contributed by atoms with E-state index in [1.54, 1.807) is 41.0 Å². The topological polar surface area (TPSA) is 83.8 Å². The molecule has 1 aliphatic rings. The predicted octanol–water partition coefficient (Wildman–Crippen LogP) is 2.50. The summed E-state index contributed by atoms with van der Waals surface area (Å²) in [5.74, 6) is -0.438. The molecule has 0 aromatic heterocycles. The molecule has 0 bridgehead atoms. The summed E-state index contributed by atoms with van der Waals surface area (Å²) in [5, 5.41) is 11.3. The summed E-state index contributed by atoms with van der Waals surface area (Å²) in [6.07, 6.45) is 0. The van der Waals surface area contributed by atoms with Crippen molar-refractivity contribution in [2.24, 2.45) is 0 Å². The van der Waals surface area contributed by atoms with E-state index in [-0.39, 0.29) is 23.1 Å². The SMILES string of the molecule is Cc1cccc(C(=O)N2CCN(C(=O)c3ccccc3)CC2)c1[N+](=O)[O-]. The molecule has 0 saturated carbocycles. The minimum absolute atomic E-state index is 0.0702. The number of carbonyl (C=O) groups excluding carboxylic acids is 2. The summed E-state index contributed by atoms with van der Waals surface area (Å²) in [7, 11) is 0. The number of para-hydroxylation sites is 1. The number of piperazine rings is 1. The molecule has 7 heteroatoms. The van der Waals surface area contributed by atoms with Gasteiger partial charge in [-0.3, -0.25) is 19.7 Å². The van der Waals surface area contributed by atoms with Gasteiger partial charge in [0.2, 0.25) is 0 Å². The van der Waals surface area contributed by atoms with Gasteiger partial charge in [0.25, 0.3) is 17.5 Å². The zero-order valence-electron chi connectivity index (χ0n) is 14.4. The van der Waals surface area contributed by atoms with E-state index in [4.69, 9.17) is 0 Å². The maximum absolute atomic E-state index is 12.7. The van der Waals surface area contributed by atoms with E-state index in [1.165, 1.54) is 6.07 Å². The first-order chi connectivity index (χ1) is 12.5. The second-order valence-electron chi connectivity index (χ2n) is 6.18. The molecule has 134 valence electrons. The first-order valence-corrected chi connectivity index (χ1v) is 8.36. The van der Waals surface area contributed by atoms with Gasteiger partial charge in [-0.2, -0.15) is 0 Å². The van der Waals surface area contributed by atoms with Crippen molar-refractivity contribution in [3.63, 3.8) is 0 Å². The fourth-order valence-electron chi connectivity index (χ4n) is 3.12. The van der Waals surface area contributed by atoms with Crippen LogP contribution in [0.3, 0.4) is 0 Å². The van der Waals surface area contributed by atoms with Gasteiger partial charge in [-0.1, -0.05) is 30.3 Å². The average molecular weight is 353 g/mol. The van der Waals surface area contributed by atoms with Crippen molar-refractivity contribution in [3.05, 3.63) is 75.3 Å². The summed E-state index contributed by atoms with van der Waals surface area (Å²) >= 11 is 0. The summed E-state index contributed by atoms with van der Waals surface area (Å²) in [6, 6.07) is 13.7. The van der Waals surface area contributed by atoms with E-state index in [0.717, 1.165) is 0 Å². The molecule has 1 aliphatic heterocycles. The largest absolute Gasteiger partial charge is 0.335 e. The first-order valence-electron chi connectivity index (χ1n) is 8.36. The number of carbonyl (C=O) groups is 2. The van der Waals surface area contributed by atoms with E-state index < -0.39 is 4.92 Å². The molecule has 1 heterocycles. The third-order valence-corrected chi connectivity index (χ3v) is 4.53. The lowest BCUT2D eigenvalue weighted by Crippen LogP contribution is -2.50. The zero-order chi connectivity index (χ0) is 18.7. The van der Waals surface area contributed by atoms with Gasteiger partial charge in [-0.05, 0) is 25.1 Å².